The van der Waals surface area contributed by atoms with E-state index in [1.807, 2.05) is 0 Å². The molecule has 0 spiro atoms. The average Bonchev–Trinajstić information content (AvgIpc) is 2.88. The minimum Gasteiger partial charge on any atom is -0.480 e. The average molecular weight is 286 g/mol. The van der Waals surface area contributed by atoms with Gasteiger partial charge in [0.2, 0.25) is 5.91 Å². The molecule has 1 aromatic rings. The molecule has 3 rings (SSSR count). The number of hydrogen-bond donors (Lipinski definition) is 1. The van der Waals surface area contributed by atoms with E-state index in [0.29, 0.717) is 0 Å². The van der Waals surface area contributed by atoms with E-state index in [2.05, 4.69) is 10.3 Å². The summed E-state index contributed by atoms with van der Waals surface area (Å²) in [5.74, 6) is -1.86. The minimum atomic E-state index is -3.89. The first-order valence-corrected chi connectivity index (χ1v) is 7.00. The molecule has 1 amide bonds. The number of β-lactam (4-membered cyclic amide) rings is 1. The molecule has 1 unspecified atom stereocenters. The van der Waals surface area contributed by atoms with Gasteiger partial charge < -0.3 is 10.0 Å². The second-order valence-corrected chi connectivity index (χ2v) is 7.11. The molecule has 3 heterocycles. The number of aliphatic carboxylic acids is 1. The van der Waals surface area contributed by atoms with Crippen LogP contribution in [0, 0.1) is 0 Å². The highest BCUT2D eigenvalue weighted by Gasteiger charge is 2.71. The van der Waals surface area contributed by atoms with E-state index < -0.39 is 38.0 Å². The van der Waals surface area contributed by atoms with Crippen LogP contribution in [0.2, 0.25) is 0 Å². The molecule has 2 fully saturated rings. The van der Waals surface area contributed by atoms with Gasteiger partial charge in [0.1, 0.15) is 5.37 Å². The number of sulfone groups is 1. The van der Waals surface area contributed by atoms with Crippen molar-refractivity contribution in [1.82, 2.24) is 19.9 Å². The van der Waals surface area contributed by atoms with E-state index in [-0.39, 0.29) is 6.42 Å². The van der Waals surface area contributed by atoms with Crippen molar-refractivity contribution < 1.29 is 23.1 Å². The number of nitrogens with zero attached hydrogens (tertiary/aromatic N) is 4. The largest absolute Gasteiger partial charge is 0.480 e. The third-order valence-corrected chi connectivity index (χ3v) is 6.45. The number of rotatable bonds is 2. The maximum absolute atomic E-state index is 12.5. The molecule has 0 bridgehead atoms. The van der Waals surface area contributed by atoms with Crippen LogP contribution in [0.4, 0.5) is 0 Å². The van der Waals surface area contributed by atoms with E-state index in [1.165, 1.54) is 19.3 Å². The summed E-state index contributed by atoms with van der Waals surface area (Å²) in [7, 11) is -3.89. The minimum absolute atomic E-state index is 0.184. The zero-order chi connectivity index (χ0) is 14.0. The summed E-state index contributed by atoms with van der Waals surface area (Å²) >= 11 is 0. The van der Waals surface area contributed by atoms with Gasteiger partial charge in [-0.15, -0.1) is 5.10 Å². The van der Waals surface area contributed by atoms with Gasteiger partial charge in [-0.1, -0.05) is 5.21 Å². The van der Waals surface area contributed by atoms with Crippen LogP contribution >= 0.6 is 0 Å². The Morgan fingerprint density at radius 1 is 1.58 bits per heavy atom. The van der Waals surface area contributed by atoms with Crippen molar-refractivity contribution in [1.29, 1.82) is 0 Å². The quantitative estimate of drug-likeness (QED) is 0.649. The van der Waals surface area contributed by atoms with Crippen molar-refractivity contribution in [2.45, 2.75) is 29.6 Å². The number of carbonyl (C=O) groups is 2. The summed E-state index contributed by atoms with van der Waals surface area (Å²) in [6.07, 6.45) is 2.36. The SMILES string of the molecule is CC1(n2ccnn2)[C@H](C(=O)O)N2C(=O)C[C@H]2S1(=O)=O. The van der Waals surface area contributed by atoms with Gasteiger partial charge in [0.05, 0.1) is 12.6 Å². The topological polar surface area (TPSA) is 122 Å². The second kappa shape index (κ2) is 3.32. The highest BCUT2D eigenvalue weighted by atomic mass is 32.2. The van der Waals surface area contributed by atoms with Gasteiger partial charge in [-0.25, -0.2) is 17.9 Å². The molecule has 10 heteroatoms. The molecule has 102 valence electrons. The summed E-state index contributed by atoms with van der Waals surface area (Å²) in [5, 5.41) is 15.3. The standard InChI is InChI=1S/C9H10N4O5S/c1-9(12-3-2-10-11-12)7(8(15)16)13-5(14)4-6(13)19(9,17)18/h2-3,6-7H,4H2,1H3,(H,15,16)/t6-,7+,9?/m1/s1. The van der Waals surface area contributed by atoms with E-state index >= 15 is 0 Å². The summed E-state index contributed by atoms with van der Waals surface area (Å²) in [6.45, 7) is 1.25. The Morgan fingerprint density at radius 2 is 2.26 bits per heavy atom. The van der Waals surface area contributed by atoms with Crippen LogP contribution in [0.25, 0.3) is 0 Å². The molecule has 3 atom stereocenters. The fourth-order valence-corrected chi connectivity index (χ4v) is 5.04. The van der Waals surface area contributed by atoms with Crippen LogP contribution in [0.1, 0.15) is 13.3 Å². The van der Waals surface area contributed by atoms with Gasteiger partial charge in [0.15, 0.2) is 20.8 Å². The summed E-state index contributed by atoms with van der Waals surface area (Å²) in [6, 6.07) is -1.49. The Bertz CT molecular complexity index is 669. The number of carboxylic acid groups (broad SMARTS) is 1. The molecular formula is C9H10N4O5S. The Morgan fingerprint density at radius 3 is 2.74 bits per heavy atom. The van der Waals surface area contributed by atoms with Crippen LogP contribution in [0.3, 0.4) is 0 Å². The van der Waals surface area contributed by atoms with Crippen molar-refractivity contribution in [3.63, 3.8) is 0 Å². The second-order valence-electron chi connectivity index (χ2n) is 4.65. The molecule has 9 nitrogen and oxygen atoms in total. The van der Waals surface area contributed by atoms with Gasteiger partial charge in [-0.2, -0.15) is 0 Å². The zero-order valence-corrected chi connectivity index (χ0v) is 10.6. The van der Waals surface area contributed by atoms with Crippen molar-refractivity contribution in [2.24, 2.45) is 0 Å². The predicted molar refractivity (Wildman–Crippen MR) is 59.3 cm³/mol. The molecule has 1 N–H and O–H groups in total. The molecule has 19 heavy (non-hydrogen) atoms. The lowest BCUT2D eigenvalue weighted by Crippen LogP contribution is -2.57. The van der Waals surface area contributed by atoms with Gasteiger partial charge in [0.25, 0.3) is 0 Å². The molecule has 0 aliphatic carbocycles. The summed E-state index contributed by atoms with van der Waals surface area (Å²) < 4.78 is 26.0. The van der Waals surface area contributed by atoms with Crippen molar-refractivity contribution in [2.75, 3.05) is 0 Å². The maximum atomic E-state index is 12.5. The number of carbonyl (C=O) groups excluding carboxylic acids is 1. The monoisotopic (exact) mass is 286 g/mol. The van der Waals surface area contributed by atoms with Crippen LogP contribution in [-0.4, -0.2) is 56.7 Å². The van der Waals surface area contributed by atoms with Gasteiger partial charge in [-0.05, 0) is 6.92 Å². The number of fused-ring (bicyclic) bond motifs is 1. The third kappa shape index (κ3) is 1.17. The lowest BCUT2D eigenvalue weighted by atomic mass is 10.0. The number of carboxylic acids is 1. The Hall–Kier alpha value is -1.97. The van der Waals surface area contributed by atoms with Gasteiger partial charge in [-0.3, -0.25) is 4.79 Å². The predicted octanol–water partition coefficient (Wildman–Crippen LogP) is -1.61. The first-order valence-electron chi connectivity index (χ1n) is 5.46. The molecule has 2 aliphatic heterocycles. The maximum Gasteiger partial charge on any atom is 0.330 e. The lowest BCUT2D eigenvalue weighted by Gasteiger charge is -2.35. The van der Waals surface area contributed by atoms with Crippen molar-refractivity contribution in [3.05, 3.63) is 12.4 Å². The Kier molecular flexibility index (Phi) is 2.11. The first-order chi connectivity index (χ1) is 8.81. The molecule has 1 aromatic heterocycles. The molecule has 0 radical (unpaired) electrons. The first kappa shape index (κ1) is 12.1. The lowest BCUT2D eigenvalue weighted by molar-refractivity contribution is -0.158. The molecular weight excluding hydrogens is 276 g/mol. The fraction of sp³-hybridized carbons (Fsp3) is 0.556. The number of aromatic nitrogens is 3. The normalized spacial score (nSPS) is 35.8. The Balaban J connectivity index is 2.26. The Labute approximate surface area is 107 Å². The summed E-state index contributed by atoms with van der Waals surface area (Å²) in [5.41, 5.74) is 0. The number of amides is 1. The van der Waals surface area contributed by atoms with E-state index in [4.69, 9.17) is 0 Å². The van der Waals surface area contributed by atoms with Gasteiger partial charge in [0, 0.05) is 6.20 Å². The van der Waals surface area contributed by atoms with Crippen LogP contribution in [0.15, 0.2) is 12.4 Å². The molecule has 2 saturated heterocycles. The number of hydrogen-bond acceptors (Lipinski definition) is 6. The van der Waals surface area contributed by atoms with Crippen molar-refractivity contribution in [3.8, 4) is 0 Å². The molecule has 0 saturated carbocycles. The smallest absolute Gasteiger partial charge is 0.330 e. The van der Waals surface area contributed by atoms with Crippen molar-refractivity contribution >= 4 is 21.7 Å². The highest BCUT2D eigenvalue weighted by molar-refractivity contribution is 7.93. The molecule has 0 aromatic carbocycles. The van der Waals surface area contributed by atoms with E-state index in [0.717, 1.165) is 9.58 Å². The third-order valence-electron chi connectivity index (χ3n) is 3.78. The van der Waals surface area contributed by atoms with Gasteiger partial charge >= 0.3 is 5.97 Å². The van der Waals surface area contributed by atoms with Crippen LogP contribution in [0.5, 0.6) is 0 Å². The summed E-state index contributed by atoms with van der Waals surface area (Å²) in [4.78, 5) is 22.0. The highest BCUT2D eigenvalue weighted by Crippen LogP contribution is 2.48. The van der Waals surface area contributed by atoms with Crippen LogP contribution < -0.4 is 0 Å². The molecule has 2 aliphatic rings. The van der Waals surface area contributed by atoms with Crippen LogP contribution in [-0.2, 0) is 24.3 Å². The fourth-order valence-electron chi connectivity index (χ4n) is 2.71. The van der Waals surface area contributed by atoms with E-state index in [1.54, 1.807) is 0 Å². The zero-order valence-electron chi connectivity index (χ0n) is 9.79. The van der Waals surface area contributed by atoms with E-state index in [9.17, 15) is 23.1 Å².